The van der Waals surface area contributed by atoms with Gasteiger partial charge < -0.3 is 20.4 Å². The normalized spacial score (nSPS) is 11.0. The SMILES string of the molecule is O=C(N/N=C/c1ccc(O)cc1O)c1ccc(C(=O)N/N=C/c2ccc(O)cc2O)cc1. The molecule has 10 heteroatoms. The molecule has 0 fully saturated rings. The van der Waals surface area contributed by atoms with E-state index in [1.807, 2.05) is 0 Å². The zero-order valence-electron chi connectivity index (χ0n) is 16.4. The highest BCUT2D eigenvalue weighted by Gasteiger charge is 2.08. The molecule has 0 saturated carbocycles. The lowest BCUT2D eigenvalue weighted by atomic mass is 10.1. The van der Waals surface area contributed by atoms with Gasteiger partial charge in [-0.1, -0.05) is 0 Å². The van der Waals surface area contributed by atoms with E-state index in [-0.39, 0.29) is 34.1 Å². The number of phenolic OH excluding ortho intramolecular Hbond substituents is 4. The van der Waals surface area contributed by atoms with Gasteiger partial charge in [-0.25, -0.2) is 10.9 Å². The number of hydrogen-bond acceptors (Lipinski definition) is 8. The van der Waals surface area contributed by atoms with Gasteiger partial charge in [0.25, 0.3) is 11.8 Å². The Bertz CT molecular complexity index is 1110. The second-order valence-electron chi connectivity index (χ2n) is 6.46. The van der Waals surface area contributed by atoms with Crippen LogP contribution < -0.4 is 10.9 Å². The second kappa shape index (κ2) is 9.76. The van der Waals surface area contributed by atoms with Crippen LogP contribution in [0.3, 0.4) is 0 Å². The molecule has 162 valence electrons. The van der Waals surface area contributed by atoms with Crippen LogP contribution in [0.5, 0.6) is 23.0 Å². The summed E-state index contributed by atoms with van der Waals surface area (Å²) in [4.78, 5) is 24.3. The molecular formula is C22H18N4O6. The fourth-order valence-corrected chi connectivity index (χ4v) is 2.51. The highest BCUT2D eigenvalue weighted by atomic mass is 16.3. The lowest BCUT2D eigenvalue weighted by Crippen LogP contribution is -2.19. The number of rotatable bonds is 6. The van der Waals surface area contributed by atoms with Gasteiger partial charge in [0.05, 0.1) is 12.4 Å². The molecule has 10 nitrogen and oxygen atoms in total. The van der Waals surface area contributed by atoms with E-state index in [9.17, 15) is 30.0 Å². The molecule has 0 radical (unpaired) electrons. The first-order chi connectivity index (χ1) is 15.3. The number of hydrogen-bond donors (Lipinski definition) is 6. The van der Waals surface area contributed by atoms with Crippen molar-refractivity contribution in [3.63, 3.8) is 0 Å². The van der Waals surface area contributed by atoms with Crippen LogP contribution >= 0.6 is 0 Å². The summed E-state index contributed by atoms with van der Waals surface area (Å²) in [6.07, 6.45) is 2.44. The first-order valence-corrected chi connectivity index (χ1v) is 9.14. The lowest BCUT2D eigenvalue weighted by Gasteiger charge is -2.03. The van der Waals surface area contributed by atoms with Crippen molar-refractivity contribution in [2.45, 2.75) is 0 Å². The molecule has 32 heavy (non-hydrogen) atoms. The Morgan fingerprint density at radius 1 is 0.625 bits per heavy atom. The molecule has 0 heterocycles. The molecule has 2 amide bonds. The number of hydrazone groups is 2. The van der Waals surface area contributed by atoms with Gasteiger partial charge in [0, 0.05) is 34.4 Å². The summed E-state index contributed by atoms with van der Waals surface area (Å²) in [6.45, 7) is 0. The minimum atomic E-state index is -0.535. The molecule has 3 rings (SSSR count). The van der Waals surface area contributed by atoms with E-state index < -0.39 is 11.8 Å². The maximum atomic E-state index is 12.1. The Balaban J connectivity index is 1.56. The van der Waals surface area contributed by atoms with Crippen molar-refractivity contribution in [1.82, 2.24) is 10.9 Å². The van der Waals surface area contributed by atoms with Crippen molar-refractivity contribution >= 4 is 24.2 Å². The predicted molar refractivity (Wildman–Crippen MR) is 116 cm³/mol. The van der Waals surface area contributed by atoms with Crippen LogP contribution in [0.2, 0.25) is 0 Å². The smallest absolute Gasteiger partial charge is 0.271 e. The van der Waals surface area contributed by atoms with Crippen LogP contribution in [-0.4, -0.2) is 44.7 Å². The van der Waals surface area contributed by atoms with Crippen molar-refractivity contribution < 1.29 is 30.0 Å². The third-order valence-electron chi connectivity index (χ3n) is 4.18. The largest absolute Gasteiger partial charge is 0.508 e. The third-order valence-corrected chi connectivity index (χ3v) is 4.18. The molecule has 0 bridgehead atoms. The fraction of sp³-hybridized carbons (Fsp3) is 0. The molecule has 0 unspecified atom stereocenters. The average Bonchev–Trinajstić information content (AvgIpc) is 2.76. The number of aromatic hydroxyl groups is 4. The van der Waals surface area contributed by atoms with Gasteiger partial charge >= 0.3 is 0 Å². The summed E-state index contributed by atoms with van der Waals surface area (Å²) >= 11 is 0. The van der Waals surface area contributed by atoms with Crippen LogP contribution in [-0.2, 0) is 0 Å². The lowest BCUT2D eigenvalue weighted by molar-refractivity contribution is 0.0943. The summed E-state index contributed by atoms with van der Waals surface area (Å²) in [5.41, 5.74) is 5.67. The van der Waals surface area contributed by atoms with E-state index in [2.05, 4.69) is 21.1 Å². The summed E-state index contributed by atoms with van der Waals surface area (Å²) in [7, 11) is 0. The van der Waals surface area contributed by atoms with Gasteiger partial charge in [0.15, 0.2) is 0 Å². The number of phenols is 4. The van der Waals surface area contributed by atoms with Crippen LogP contribution in [0.25, 0.3) is 0 Å². The van der Waals surface area contributed by atoms with Gasteiger partial charge in [-0.05, 0) is 48.5 Å². The van der Waals surface area contributed by atoms with E-state index in [0.717, 1.165) is 12.1 Å². The number of carbonyl (C=O) groups excluding carboxylic acids is 2. The molecule has 3 aromatic rings. The molecule has 3 aromatic carbocycles. The number of nitrogens with one attached hydrogen (secondary N) is 2. The molecule has 6 N–H and O–H groups in total. The van der Waals surface area contributed by atoms with Gasteiger partial charge in [-0.3, -0.25) is 9.59 Å². The van der Waals surface area contributed by atoms with Crippen molar-refractivity contribution in [2.75, 3.05) is 0 Å². The van der Waals surface area contributed by atoms with Gasteiger partial charge in [0.2, 0.25) is 0 Å². The highest BCUT2D eigenvalue weighted by molar-refractivity contribution is 5.98. The van der Waals surface area contributed by atoms with E-state index in [1.54, 1.807) is 0 Å². The average molecular weight is 434 g/mol. The minimum absolute atomic E-state index is 0.1000. The zero-order valence-corrected chi connectivity index (χ0v) is 16.4. The standard InChI is InChI=1S/C22H18N4O6/c27-17-7-5-15(19(29)9-17)11-23-25-21(31)13-1-2-14(4-3-13)22(32)26-24-12-16-6-8-18(28)10-20(16)30/h1-12,27-30H,(H,25,31)(H,26,32)/b23-11+,24-12+. The summed E-state index contributed by atoms with van der Waals surface area (Å²) in [5.74, 6) is -1.66. The maximum Gasteiger partial charge on any atom is 0.271 e. The van der Waals surface area contributed by atoms with E-state index in [4.69, 9.17) is 0 Å². The van der Waals surface area contributed by atoms with Crippen LogP contribution in [0.4, 0.5) is 0 Å². The van der Waals surface area contributed by atoms with Crippen molar-refractivity contribution in [3.8, 4) is 23.0 Å². The molecule has 0 saturated heterocycles. The van der Waals surface area contributed by atoms with Crippen LogP contribution in [0.1, 0.15) is 31.8 Å². The fourth-order valence-electron chi connectivity index (χ4n) is 2.51. The van der Waals surface area contributed by atoms with Gasteiger partial charge in [-0.2, -0.15) is 10.2 Å². The summed E-state index contributed by atoms with van der Waals surface area (Å²) in [6, 6.07) is 13.6. The molecule has 0 aliphatic rings. The number of benzene rings is 3. The number of amides is 2. The number of nitrogens with zero attached hydrogens (tertiary/aromatic N) is 2. The Morgan fingerprint density at radius 2 is 1.00 bits per heavy atom. The Hall–Kier alpha value is -4.86. The molecule has 0 atom stereocenters. The van der Waals surface area contributed by atoms with Crippen LogP contribution in [0, 0.1) is 0 Å². The molecule has 0 aromatic heterocycles. The molecule has 0 aliphatic carbocycles. The Labute approximate surface area is 181 Å². The van der Waals surface area contributed by atoms with E-state index in [0.29, 0.717) is 11.1 Å². The van der Waals surface area contributed by atoms with Crippen molar-refractivity contribution in [3.05, 3.63) is 82.9 Å². The third kappa shape index (κ3) is 5.60. The minimum Gasteiger partial charge on any atom is -0.508 e. The van der Waals surface area contributed by atoms with Crippen LogP contribution in [0.15, 0.2) is 70.9 Å². The quantitative estimate of drug-likeness (QED) is 0.257. The zero-order chi connectivity index (χ0) is 23.1. The summed E-state index contributed by atoms with van der Waals surface area (Å²) < 4.78 is 0. The topological polar surface area (TPSA) is 164 Å². The first kappa shape index (κ1) is 21.8. The van der Waals surface area contributed by atoms with Gasteiger partial charge in [0.1, 0.15) is 23.0 Å². The Morgan fingerprint density at radius 3 is 1.34 bits per heavy atom. The molecular weight excluding hydrogens is 416 g/mol. The summed E-state index contributed by atoms with van der Waals surface area (Å²) in [5, 5.41) is 45.3. The monoisotopic (exact) mass is 434 g/mol. The van der Waals surface area contributed by atoms with Crippen molar-refractivity contribution in [2.24, 2.45) is 10.2 Å². The maximum absolute atomic E-state index is 12.1. The van der Waals surface area contributed by atoms with Crippen molar-refractivity contribution in [1.29, 1.82) is 0 Å². The first-order valence-electron chi connectivity index (χ1n) is 9.14. The molecule has 0 spiro atoms. The molecule has 0 aliphatic heterocycles. The predicted octanol–water partition coefficient (Wildman–Crippen LogP) is 2.04. The van der Waals surface area contributed by atoms with E-state index in [1.165, 1.54) is 61.0 Å². The number of carbonyl (C=O) groups is 2. The Kier molecular flexibility index (Phi) is 6.66. The second-order valence-corrected chi connectivity index (χ2v) is 6.46. The van der Waals surface area contributed by atoms with Gasteiger partial charge in [-0.15, -0.1) is 0 Å². The highest BCUT2D eigenvalue weighted by Crippen LogP contribution is 2.21. The van der Waals surface area contributed by atoms with E-state index >= 15 is 0 Å².